The van der Waals surface area contributed by atoms with Crippen molar-refractivity contribution in [2.45, 2.75) is 32.1 Å². The molecule has 0 aliphatic carbocycles. The summed E-state index contributed by atoms with van der Waals surface area (Å²) in [5.41, 5.74) is 0.258. The van der Waals surface area contributed by atoms with Gasteiger partial charge in [-0.25, -0.2) is 4.39 Å². The van der Waals surface area contributed by atoms with Crippen molar-refractivity contribution in [3.05, 3.63) is 46.3 Å². The first-order valence-electron chi connectivity index (χ1n) is 7.55. The van der Waals surface area contributed by atoms with E-state index in [1.807, 2.05) is 0 Å². The van der Waals surface area contributed by atoms with Crippen LogP contribution in [0.5, 0.6) is 0 Å². The molecule has 0 radical (unpaired) electrons. The maximum atomic E-state index is 13.8. The van der Waals surface area contributed by atoms with Crippen molar-refractivity contribution in [1.29, 1.82) is 0 Å². The third-order valence-electron chi connectivity index (χ3n) is 4.13. The van der Waals surface area contributed by atoms with Crippen molar-refractivity contribution in [3.8, 4) is 0 Å². The standard InChI is InChI=1S/C16H17ClFN3O2/c1-10-19-16(23-20-10)11-5-7-21(8-6-11)15(22)9-12-13(17)3-2-4-14(12)18/h2-4,11H,5-9H2,1H3. The lowest BCUT2D eigenvalue weighted by Gasteiger charge is -2.30. The van der Waals surface area contributed by atoms with Gasteiger partial charge in [0.05, 0.1) is 6.42 Å². The van der Waals surface area contributed by atoms with Gasteiger partial charge in [-0.05, 0) is 31.9 Å². The zero-order chi connectivity index (χ0) is 16.4. The van der Waals surface area contributed by atoms with Crippen LogP contribution in [0.4, 0.5) is 4.39 Å². The van der Waals surface area contributed by atoms with Gasteiger partial charge in [-0.1, -0.05) is 22.8 Å². The van der Waals surface area contributed by atoms with Crippen LogP contribution in [-0.2, 0) is 11.2 Å². The second-order valence-corrected chi connectivity index (χ2v) is 6.12. The monoisotopic (exact) mass is 337 g/mol. The lowest BCUT2D eigenvalue weighted by Crippen LogP contribution is -2.39. The van der Waals surface area contributed by atoms with E-state index in [2.05, 4.69) is 10.1 Å². The van der Waals surface area contributed by atoms with Crippen molar-refractivity contribution < 1.29 is 13.7 Å². The highest BCUT2D eigenvalue weighted by Crippen LogP contribution is 2.27. The number of carbonyl (C=O) groups excluding carboxylic acids is 1. The third-order valence-corrected chi connectivity index (χ3v) is 4.48. The van der Waals surface area contributed by atoms with Gasteiger partial charge in [-0.15, -0.1) is 0 Å². The predicted octanol–water partition coefficient (Wildman–Crippen LogP) is 3.12. The topological polar surface area (TPSA) is 59.2 Å². The summed E-state index contributed by atoms with van der Waals surface area (Å²) in [6, 6.07) is 4.44. The summed E-state index contributed by atoms with van der Waals surface area (Å²) in [6.45, 7) is 2.97. The highest BCUT2D eigenvalue weighted by Gasteiger charge is 2.27. The maximum Gasteiger partial charge on any atom is 0.229 e. The van der Waals surface area contributed by atoms with E-state index < -0.39 is 5.82 Å². The third kappa shape index (κ3) is 3.52. The van der Waals surface area contributed by atoms with Gasteiger partial charge in [-0.2, -0.15) is 4.98 Å². The van der Waals surface area contributed by atoms with E-state index >= 15 is 0 Å². The molecule has 5 nitrogen and oxygen atoms in total. The molecule has 1 aliphatic heterocycles. The van der Waals surface area contributed by atoms with E-state index in [0.717, 1.165) is 12.8 Å². The van der Waals surface area contributed by atoms with E-state index in [9.17, 15) is 9.18 Å². The Morgan fingerprint density at radius 1 is 1.43 bits per heavy atom. The maximum absolute atomic E-state index is 13.8. The Morgan fingerprint density at radius 2 is 2.17 bits per heavy atom. The van der Waals surface area contributed by atoms with Gasteiger partial charge >= 0.3 is 0 Å². The first-order valence-corrected chi connectivity index (χ1v) is 7.93. The second-order valence-electron chi connectivity index (χ2n) is 5.71. The molecule has 1 aliphatic rings. The van der Waals surface area contributed by atoms with Crippen LogP contribution in [0, 0.1) is 12.7 Å². The molecule has 1 fully saturated rings. The molecule has 1 aromatic carbocycles. The summed E-state index contributed by atoms with van der Waals surface area (Å²) in [4.78, 5) is 18.4. The summed E-state index contributed by atoms with van der Waals surface area (Å²) in [6.07, 6.45) is 1.51. The number of piperidine rings is 1. The van der Waals surface area contributed by atoms with Crippen LogP contribution in [0.15, 0.2) is 22.7 Å². The van der Waals surface area contributed by atoms with Crippen LogP contribution in [0.2, 0.25) is 5.02 Å². The van der Waals surface area contributed by atoms with Crippen LogP contribution in [0.25, 0.3) is 0 Å². The normalized spacial score (nSPS) is 15.9. The molecule has 122 valence electrons. The molecule has 2 heterocycles. The number of aryl methyl sites for hydroxylation is 1. The van der Waals surface area contributed by atoms with Gasteiger partial charge in [-0.3, -0.25) is 4.79 Å². The lowest BCUT2D eigenvalue weighted by molar-refractivity contribution is -0.131. The Balaban J connectivity index is 1.60. The summed E-state index contributed by atoms with van der Waals surface area (Å²) < 4.78 is 19.0. The van der Waals surface area contributed by atoms with E-state index in [1.165, 1.54) is 12.1 Å². The van der Waals surface area contributed by atoms with Crippen molar-refractivity contribution in [2.75, 3.05) is 13.1 Å². The van der Waals surface area contributed by atoms with Gasteiger partial charge in [0.1, 0.15) is 5.82 Å². The van der Waals surface area contributed by atoms with Crippen LogP contribution in [0.1, 0.15) is 36.0 Å². The number of nitrogens with zero attached hydrogens (tertiary/aromatic N) is 3. The molecule has 3 rings (SSSR count). The number of hydrogen-bond acceptors (Lipinski definition) is 4. The average molecular weight is 338 g/mol. The zero-order valence-corrected chi connectivity index (χ0v) is 13.5. The molecule has 0 bridgehead atoms. The minimum Gasteiger partial charge on any atom is -0.342 e. The Hall–Kier alpha value is -1.95. The van der Waals surface area contributed by atoms with E-state index in [-0.39, 0.29) is 28.8 Å². The number of carbonyl (C=O) groups is 1. The first-order chi connectivity index (χ1) is 11.0. The second kappa shape index (κ2) is 6.66. The highest BCUT2D eigenvalue weighted by atomic mass is 35.5. The smallest absolute Gasteiger partial charge is 0.229 e. The minimum absolute atomic E-state index is 0.0180. The van der Waals surface area contributed by atoms with Gasteiger partial charge in [0.2, 0.25) is 11.8 Å². The predicted molar refractivity (Wildman–Crippen MR) is 82.7 cm³/mol. The van der Waals surface area contributed by atoms with E-state index in [0.29, 0.717) is 24.8 Å². The van der Waals surface area contributed by atoms with E-state index in [1.54, 1.807) is 17.9 Å². The van der Waals surface area contributed by atoms with Crippen molar-refractivity contribution in [3.63, 3.8) is 0 Å². The number of aromatic nitrogens is 2. The molecule has 2 aromatic rings. The number of benzene rings is 1. The SMILES string of the molecule is Cc1noc(C2CCN(C(=O)Cc3c(F)cccc3Cl)CC2)n1. The molecular formula is C16H17ClFN3O2. The molecule has 23 heavy (non-hydrogen) atoms. The van der Waals surface area contributed by atoms with Crippen LogP contribution >= 0.6 is 11.6 Å². The van der Waals surface area contributed by atoms with Gasteiger partial charge in [0, 0.05) is 29.6 Å². The van der Waals surface area contributed by atoms with Gasteiger partial charge in [0.15, 0.2) is 5.82 Å². The Kier molecular flexibility index (Phi) is 4.61. The minimum atomic E-state index is -0.443. The summed E-state index contributed by atoms with van der Waals surface area (Å²) in [5, 5.41) is 4.08. The molecular weight excluding hydrogens is 321 g/mol. The highest BCUT2D eigenvalue weighted by molar-refractivity contribution is 6.31. The van der Waals surface area contributed by atoms with Crippen molar-refractivity contribution >= 4 is 17.5 Å². The Morgan fingerprint density at radius 3 is 2.78 bits per heavy atom. The fraction of sp³-hybridized carbons (Fsp3) is 0.438. The molecule has 0 atom stereocenters. The molecule has 7 heteroatoms. The number of hydrogen-bond donors (Lipinski definition) is 0. The fourth-order valence-corrected chi connectivity index (χ4v) is 3.05. The average Bonchev–Trinajstić information content (AvgIpc) is 2.97. The molecule has 0 saturated carbocycles. The van der Waals surface area contributed by atoms with Crippen molar-refractivity contribution in [2.24, 2.45) is 0 Å². The zero-order valence-electron chi connectivity index (χ0n) is 12.8. The van der Waals surface area contributed by atoms with E-state index in [4.69, 9.17) is 16.1 Å². The summed E-state index contributed by atoms with van der Waals surface area (Å²) in [7, 11) is 0. The number of rotatable bonds is 3. The summed E-state index contributed by atoms with van der Waals surface area (Å²) in [5.74, 6) is 0.871. The molecule has 1 amide bonds. The van der Waals surface area contributed by atoms with Crippen LogP contribution in [-0.4, -0.2) is 34.0 Å². The van der Waals surface area contributed by atoms with Crippen LogP contribution < -0.4 is 0 Å². The molecule has 1 saturated heterocycles. The fourth-order valence-electron chi connectivity index (χ4n) is 2.82. The van der Waals surface area contributed by atoms with Gasteiger partial charge in [0.25, 0.3) is 0 Å². The Labute approximate surface area is 138 Å². The number of halogens is 2. The lowest BCUT2D eigenvalue weighted by atomic mass is 9.96. The van der Waals surface area contributed by atoms with Gasteiger partial charge < -0.3 is 9.42 Å². The molecule has 0 unspecified atom stereocenters. The summed E-state index contributed by atoms with van der Waals surface area (Å²) >= 11 is 5.98. The number of amides is 1. The molecule has 1 aromatic heterocycles. The Bertz CT molecular complexity index is 691. The van der Waals surface area contributed by atoms with Crippen molar-refractivity contribution in [1.82, 2.24) is 15.0 Å². The molecule has 0 N–H and O–H groups in total. The number of likely N-dealkylation sites (tertiary alicyclic amines) is 1. The largest absolute Gasteiger partial charge is 0.342 e. The van der Waals surface area contributed by atoms with Crippen LogP contribution in [0.3, 0.4) is 0 Å². The first kappa shape index (κ1) is 15.9. The quantitative estimate of drug-likeness (QED) is 0.863. The molecule has 0 spiro atoms.